The molecule has 1 heterocycles. The molecule has 5 nitrogen and oxygen atoms in total. The number of halogens is 1. The second kappa shape index (κ2) is 6.93. The average molecular weight is 401 g/mol. The van der Waals surface area contributed by atoms with Gasteiger partial charge in [0.15, 0.2) is 5.17 Å². The molecule has 1 aromatic carbocycles. The zero-order chi connectivity index (χ0) is 18.2. The summed E-state index contributed by atoms with van der Waals surface area (Å²) in [5.41, 5.74) is 0. The molecule has 1 aromatic rings. The Morgan fingerprint density at radius 1 is 1.16 bits per heavy atom. The number of sulfonamides is 1. The second-order valence-corrected chi connectivity index (χ2v) is 10.5. The first kappa shape index (κ1) is 18.7. The molecule has 0 bridgehead atoms. The van der Waals surface area contributed by atoms with Crippen LogP contribution in [0.2, 0.25) is 5.02 Å². The molecule has 2 fully saturated rings. The molecule has 1 aliphatic carbocycles. The molecule has 0 unspecified atom stereocenters. The lowest BCUT2D eigenvalue weighted by molar-refractivity contribution is -0.130. The zero-order valence-electron chi connectivity index (χ0n) is 14.2. The normalized spacial score (nSPS) is 23.4. The molecule has 0 spiro atoms. The van der Waals surface area contributed by atoms with Crippen molar-refractivity contribution in [2.45, 2.75) is 61.6 Å². The zero-order valence-corrected chi connectivity index (χ0v) is 16.6. The third-order valence-corrected chi connectivity index (χ3v) is 7.34. The number of carbonyl (C=O) groups is 1. The summed E-state index contributed by atoms with van der Waals surface area (Å²) in [7, 11) is -3.89. The van der Waals surface area contributed by atoms with Gasteiger partial charge in [0, 0.05) is 11.1 Å². The standard InChI is InChI=1S/C17H21ClN2O3S2/c1-17(2)15(21)20(13-6-4-3-5-7-13)16(24-17)19-25(22,23)14-10-8-12(18)9-11-14/h8-11,13H,3-7H2,1-2H3. The van der Waals surface area contributed by atoms with Crippen molar-refractivity contribution in [3.8, 4) is 0 Å². The van der Waals surface area contributed by atoms with Gasteiger partial charge in [-0.3, -0.25) is 9.69 Å². The minimum absolute atomic E-state index is 0.0368. The van der Waals surface area contributed by atoms with Gasteiger partial charge in [0.05, 0.1) is 9.64 Å². The third-order valence-electron chi connectivity index (χ3n) is 4.54. The summed E-state index contributed by atoms with van der Waals surface area (Å²) in [6.07, 6.45) is 5.04. The number of amidine groups is 1. The first-order valence-electron chi connectivity index (χ1n) is 8.34. The van der Waals surface area contributed by atoms with Crippen molar-refractivity contribution in [3.05, 3.63) is 29.3 Å². The summed E-state index contributed by atoms with van der Waals surface area (Å²) in [5, 5.41) is 0.749. The summed E-state index contributed by atoms with van der Waals surface area (Å²) in [6.45, 7) is 3.63. The fourth-order valence-electron chi connectivity index (χ4n) is 3.18. The fourth-order valence-corrected chi connectivity index (χ4v) is 5.60. The summed E-state index contributed by atoms with van der Waals surface area (Å²) < 4.78 is 28.6. The smallest absolute Gasteiger partial charge is 0.284 e. The Kier molecular flexibility index (Phi) is 5.19. The van der Waals surface area contributed by atoms with Crippen LogP contribution in [0.15, 0.2) is 33.6 Å². The number of hydrogen-bond acceptors (Lipinski definition) is 4. The van der Waals surface area contributed by atoms with Gasteiger partial charge in [-0.05, 0) is 51.0 Å². The van der Waals surface area contributed by atoms with E-state index >= 15 is 0 Å². The first-order chi connectivity index (χ1) is 11.7. The van der Waals surface area contributed by atoms with E-state index in [9.17, 15) is 13.2 Å². The molecule has 0 N–H and O–H groups in total. The first-order valence-corrected chi connectivity index (χ1v) is 11.0. The largest absolute Gasteiger partial charge is 0.286 e. The maximum Gasteiger partial charge on any atom is 0.284 e. The van der Waals surface area contributed by atoms with Gasteiger partial charge in [0.2, 0.25) is 5.91 Å². The lowest BCUT2D eigenvalue weighted by Gasteiger charge is -2.31. The van der Waals surface area contributed by atoms with E-state index in [0.29, 0.717) is 5.02 Å². The average Bonchev–Trinajstić information content (AvgIpc) is 2.77. The van der Waals surface area contributed by atoms with E-state index in [-0.39, 0.29) is 22.0 Å². The molecule has 0 aromatic heterocycles. The van der Waals surface area contributed by atoms with Crippen LogP contribution in [0.1, 0.15) is 46.0 Å². The molecule has 1 aliphatic heterocycles. The van der Waals surface area contributed by atoms with Crippen LogP contribution in [0.5, 0.6) is 0 Å². The van der Waals surface area contributed by atoms with Crippen molar-refractivity contribution in [1.82, 2.24) is 4.90 Å². The van der Waals surface area contributed by atoms with Crippen molar-refractivity contribution in [2.24, 2.45) is 4.40 Å². The number of hydrogen-bond donors (Lipinski definition) is 0. The van der Waals surface area contributed by atoms with Gasteiger partial charge < -0.3 is 0 Å². The molecule has 1 saturated carbocycles. The minimum atomic E-state index is -3.89. The van der Waals surface area contributed by atoms with Crippen molar-refractivity contribution >= 4 is 44.5 Å². The number of thioether (sulfide) groups is 1. The van der Waals surface area contributed by atoms with Gasteiger partial charge in [-0.1, -0.05) is 42.6 Å². The fraction of sp³-hybridized carbons (Fsp3) is 0.529. The van der Waals surface area contributed by atoms with Gasteiger partial charge in [0.1, 0.15) is 0 Å². The Hall–Kier alpha value is -1.05. The van der Waals surface area contributed by atoms with Crippen LogP contribution in [0.4, 0.5) is 0 Å². The molecular formula is C17H21ClN2O3S2. The van der Waals surface area contributed by atoms with E-state index in [4.69, 9.17) is 11.6 Å². The predicted octanol–water partition coefficient (Wildman–Crippen LogP) is 4.07. The van der Waals surface area contributed by atoms with Crippen LogP contribution in [-0.4, -0.2) is 35.2 Å². The topological polar surface area (TPSA) is 66.8 Å². The number of amides is 1. The molecule has 1 saturated heterocycles. The van der Waals surface area contributed by atoms with Crippen LogP contribution in [-0.2, 0) is 14.8 Å². The predicted molar refractivity (Wildman–Crippen MR) is 101 cm³/mol. The van der Waals surface area contributed by atoms with Crippen LogP contribution in [0, 0.1) is 0 Å². The van der Waals surface area contributed by atoms with Crippen molar-refractivity contribution in [3.63, 3.8) is 0 Å². The van der Waals surface area contributed by atoms with E-state index in [0.717, 1.165) is 32.1 Å². The Balaban J connectivity index is 1.98. The van der Waals surface area contributed by atoms with Gasteiger partial charge in [0.25, 0.3) is 10.0 Å². The minimum Gasteiger partial charge on any atom is -0.286 e. The molecule has 1 amide bonds. The van der Waals surface area contributed by atoms with Gasteiger partial charge in [-0.2, -0.15) is 8.42 Å². The molecule has 25 heavy (non-hydrogen) atoms. The van der Waals surface area contributed by atoms with Crippen LogP contribution in [0.3, 0.4) is 0 Å². The Labute approximate surface area is 157 Å². The van der Waals surface area contributed by atoms with Crippen LogP contribution in [0.25, 0.3) is 0 Å². The van der Waals surface area contributed by atoms with E-state index < -0.39 is 14.8 Å². The molecular weight excluding hydrogens is 380 g/mol. The Morgan fingerprint density at radius 2 is 1.76 bits per heavy atom. The maximum absolute atomic E-state index is 12.8. The van der Waals surface area contributed by atoms with Crippen LogP contribution < -0.4 is 0 Å². The van der Waals surface area contributed by atoms with E-state index in [2.05, 4.69) is 4.40 Å². The SMILES string of the molecule is CC1(C)SC(=NS(=O)(=O)c2ccc(Cl)cc2)N(C2CCCCC2)C1=O. The second-order valence-electron chi connectivity index (χ2n) is 6.88. The lowest BCUT2D eigenvalue weighted by atomic mass is 9.94. The molecule has 8 heteroatoms. The summed E-state index contributed by atoms with van der Waals surface area (Å²) in [6, 6.07) is 5.93. The number of nitrogens with zero attached hydrogens (tertiary/aromatic N) is 2. The Bertz CT molecular complexity index is 798. The van der Waals surface area contributed by atoms with E-state index in [1.807, 2.05) is 13.8 Å². The summed E-state index contributed by atoms with van der Waals surface area (Å²) in [5.74, 6) is -0.0607. The summed E-state index contributed by atoms with van der Waals surface area (Å²) >= 11 is 7.05. The lowest BCUT2D eigenvalue weighted by Crippen LogP contribution is -2.44. The summed E-state index contributed by atoms with van der Waals surface area (Å²) in [4.78, 5) is 14.5. The molecule has 3 rings (SSSR count). The van der Waals surface area contributed by atoms with Gasteiger partial charge in [-0.15, -0.1) is 4.40 Å². The molecule has 0 atom stereocenters. The molecule has 0 radical (unpaired) electrons. The van der Waals surface area contributed by atoms with Crippen molar-refractivity contribution in [2.75, 3.05) is 0 Å². The van der Waals surface area contributed by atoms with Crippen LogP contribution >= 0.6 is 23.4 Å². The Morgan fingerprint density at radius 3 is 2.36 bits per heavy atom. The van der Waals surface area contributed by atoms with Crippen molar-refractivity contribution < 1.29 is 13.2 Å². The van der Waals surface area contributed by atoms with E-state index in [1.54, 1.807) is 4.90 Å². The molecule has 136 valence electrons. The quantitative estimate of drug-likeness (QED) is 0.766. The highest BCUT2D eigenvalue weighted by Crippen LogP contribution is 2.41. The molecule has 2 aliphatic rings. The maximum atomic E-state index is 12.8. The highest BCUT2D eigenvalue weighted by molar-refractivity contribution is 8.16. The highest BCUT2D eigenvalue weighted by atomic mass is 35.5. The number of benzene rings is 1. The monoisotopic (exact) mass is 400 g/mol. The van der Waals surface area contributed by atoms with E-state index in [1.165, 1.54) is 36.0 Å². The third kappa shape index (κ3) is 3.88. The van der Waals surface area contributed by atoms with Crippen molar-refractivity contribution in [1.29, 1.82) is 0 Å². The number of carbonyl (C=O) groups excluding carboxylic acids is 1. The van der Waals surface area contributed by atoms with Gasteiger partial charge >= 0.3 is 0 Å². The van der Waals surface area contributed by atoms with Gasteiger partial charge in [-0.25, -0.2) is 0 Å². The highest BCUT2D eigenvalue weighted by Gasteiger charge is 2.48. The number of rotatable bonds is 3.